The van der Waals surface area contributed by atoms with Gasteiger partial charge >= 0.3 is 5.97 Å². The Morgan fingerprint density at radius 1 is 0.943 bits per heavy atom. The number of aliphatic hydroxyl groups is 2. The summed E-state index contributed by atoms with van der Waals surface area (Å²) >= 11 is 0. The van der Waals surface area contributed by atoms with Crippen molar-refractivity contribution in [2.45, 2.75) is 180 Å². The van der Waals surface area contributed by atoms with Crippen molar-refractivity contribution in [2.24, 2.45) is 35.5 Å². The van der Waals surface area contributed by atoms with E-state index in [1.165, 1.54) is 12.1 Å². The Hall–Kier alpha value is -2.28. The fourth-order valence-electron chi connectivity index (χ4n) is 10.2. The lowest BCUT2D eigenvalue weighted by atomic mass is 9.72. The number of carbonyl (C=O) groups is 2. The second-order valence-corrected chi connectivity index (χ2v) is 17.5. The molecule has 4 aliphatic rings. The second-order valence-electron chi connectivity index (χ2n) is 17.5. The van der Waals surface area contributed by atoms with Crippen molar-refractivity contribution in [1.82, 2.24) is 0 Å². The Morgan fingerprint density at radius 3 is 2.23 bits per heavy atom. The number of Topliss-reactive ketones (excluding diaryl/α,β-unsaturated/α-hetero) is 1. The van der Waals surface area contributed by atoms with Gasteiger partial charge in [-0.3, -0.25) is 4.79 Å². The van der Waals surface area contributed by atoms with E-state index in [4.69, 9.17) is 18.9 Å². The van der Waals surface area contributed by atoms with Gasteiger partial charge in [-0.1, -0.05) is 54.5 Å². The quantitative estimate of drug-likeness (QED) is 0.130. The van der Waals surface area contributed by atoms with Crippen molar-refractivity contribution < 1.29 is 54.1 Å². The van der Waals surface area contributed by atoms with Crippen LogP contribution in [0.15, 0.2) is 12.1 Å². The van der Waals surface area contributed by atoms with E-state index < -0.39 is 70.4 Å². The van der Waals surface area contributed by atoms with Crippen LogP contribution >= 0.6 is 0 Å². The van der Waals surface area contributed by atoms with Crippen molar-refractivity contribution in [3.05, 3.63) is 23.3 Å². The number of ketones is 1. The normalized spacial score (nSPS) is 38.8. The maximum absolute atomic E-state index is 14.3. The van der Waals surface area contributed by atoms with Gasteiger partial charge in [0.1, 0.15) is 11.3 Å². The number of carbonyl (C=O) groups excluding carboxylic acids is 1. The van der Waals surface area contributed by atoms with Crippen LogP contribution in [0.5, 0.6) is 11.5 Å². The van der Waals surface area contributed by atoms with Gasteiger partial charge in [-0.05, 0) is 95.1 Å². The van der Waals surface area contributed by atoms with Crippen molar-refractivity contribution in [3.63, 3.8) is 0 Å². The van der Waals surface area contributed by atoms with Gasteiger partial charge in [0.2, 0.25) is 0 Å². The average Bonchev–Trinajstić information content (AvgIpc) is 3.65. The molecule has 11 heteroatoms. The lowest BCUT2D eigenvalue weighted by Crippen LogP contribution is -2.62. The van der Waals surface area contributed by atoms with E-state index in [0.717, 1.165) is 44.9 Å². The number of aromatic hydroxyl groups is 2. The highest BCUT2D eigenvalue weighted by Crippen LogP contribution is 2.58. The number of aryl methyl sites for hydroxylation is 1. The summed E-state index contributed by atoms with van der Waals surface area (Å²) in [7, 11) is 0. The number of hydrogen-bond acceptors (Lipinski definition) is 10. The minimum absolute atomic E-state index is 0.0604. The average molecular weight is 747 g/mol. The van der Waals surface area contributed by atoms with E-state index in [-0.39, 0.29) is 47.5 Å². The molecule has 1 aromatic rings. The predicted molar refractivity (Wildman–Crippen MR) is 198 cm³/mol. The first-order valence-electron chi connectivity index (χ1n) is 20.2. The number of carboxylic acids is 1. The van der Waals surface area contributed by atoms with Crippen LogP contribution in [-0.2, 0) is 30.2 Å². The third-order valence-corrected chi connectivity index (χ3v) is 14.0. The lowest BCUT2D eigenvalue weighted by Gasteiger charge is -2.56. The number of aromatic carboxylic acids is 1. The molecule has 300 valence electrons. The molecule has 0 bridgehead atoms. The van der Waals surface area contributed by atoms with Crippen LogP contribution < -0.4 is 0 Å². The maximum Gasteiger partial charge on any atom is 0.339 e. The van der Waals surface area contributed by atoms with Gasteiger partial charge in [-0.15, -0.1) is 0 Å². The molecule has 5 rings (SSSR count). The fraction of sp³-hybridized carbons (Fsp3) is 0.810. The highest BCUT2D eigenvalue weighted by Gasteiger charge is 2.65. The molecule has 0 aromatic heterocycles. The van der Waals surface area contributed by atoms with Crippen LogP contribution in [0.4, 0.5) is 0 Å². The Bertz CT molecular complexity index is 1480. The van der Waals surface area contributed by atoms with Crippen LogP contribution in [-0.4, -0.2) is 84.5 Å². The molecule has 5 N–H and O–H groups in total. The number of rotatable bonds is 13. The predicted octanol–water partition coefficient (Wildman–Crippen LogP) is 7.13. The standard InChI is InChI=1S/C42H66O11/c1-10-30(35(46)27(7)34(45)23(3)13-14-29-15-16-31(44)36(47)33(29)38(48)49)37-24(4)21-25(5)41(51-37)18-12-19-42(53-41)26(6)22-40(11-2,52-42)32-17-20-39(9,50-32)28(8)43/h15-16,23-28,30,32,34,37,43-45,47H,10-14,17-22H2,1-9H3,(H,48,49). The highest BCUT2D eigenvalue weighted by molar-refractivity contribution is 5.93. The zero-order chi connectivity index (χ0) is 39.3. The van der Waals surface area contributed by atoms with Crippen molar-refractivity contribution in [1.29, 1.82) is 0 Å². The number of ether oxygens (including phenoxy) is 4. The Morgan fingerprint density at radius 2 is 1.62 bits per heavy atom. The molecular formula is C42H66O11. The van der Waals surface area contributed by atoms with E-state index in [1.807, 2.05) is 20.8 Å². The van der Waals surface area contributed by atoms with Gasteiger partial charge in [0.15, 0.2) is 23.1 Å². The number of benzene rings is 1. The van der Waals surface area contributed by atoms with Gasteiger partial charge in [0.25, 0.3) is 0 Å². The molecule has 4 saturated heterocycles. The molecule has 4 aliphatic heterocycles. The Labute approximate surface area is 315 Å². The molecule has 4 fully saturated rings. The molecule has 0 saturated carbocycles. The molecule has 14 unspecified atom stereocenters. The molecule has 0 radical (unpaired) electrons. The molecule has 2 spiro atoms. The summed E-state index contributed by atoms with van der Waals surface area (Å²) in [5, 5.41) is 51.5. The molecule has 1 aromatic carbocycles. The summed E-state index contributed by atoms with van der Waals surface area (Å²) in [6.45, 7) is 18.0. The summed E-state index contributed by atoms with van der Waals surface area (Å²) in [6.07, 6.45) is 5.21. The smallest absolute Gasteiger partial charge is 0.339 e. The zero-order valence-corrected chi connectivity index (χ0v) is 33.4. The van der Waals surface area contributed by atoms with Crippen LogP contribution in [0.2, 0.25) is 0 Å². The minimum atomic E-state index is -1.35. The van der Waals surface area contributed by atoms with Gasteiger partial charge in [-0.25, -0.2) is 4.79 Å². The van der Waals surface area contributed by atoms with Crippen LogP contribution in [0.1, 0.15) is 142 Å². The first-order chi connectivity index (χ1) is 24.8. The van der Waals surface area contributed by atoms with Gasteiger partial charge < -0.3 is 44.5 Å². The molecule has 4 heterocycles. The summed E-state index contributed by atoms with van der Waals surface area (Å²) < 4.78 is 28.1. The Balaban J connectivity index is 1.30. The molecule has 0 aliphatic carbocycles. The topological polar surface area (TPSA) is 172 Å². The number of phenols is 2. The third kappa shape index (κ3) is 7.64. The van der Waals surface area contributed by atoms with E-state index in [0.29, 0.717) is 24.8 Å². The first kappa shape index (κ1) is 41.9. The van der Waals surface area contributed by atoms with Crippen molar-refractivity contribution in [2.75, 3.05) is 0 Å². The summed E-state index contributed by atoms with van der Waals surface area (Å²) in [5.41, 5.74) is -1.17. The second kappa shape index (κ2) is 15.7. The molecular weight excluding hydrogens is 680 g/mol. The summed E-state index contributed by atoms with van der Waals surface area (Å²) in [5.74, 6) is -5.71. The first-order valence-corrected chi connectivity index (χ1v) is 20.2. The number of phenolic OH excluding ortho intramolecular Hbond substituents is 1. The number of aliphatic hydroxyl groups excluding tert-OH is 2. The summed E-state index contributed by atoms with van der Waals surface area (Å²) in [6, 6.07) is 2.72. The molecule has 53 heavy (non-hydrogen) atoms. The van der Waals surface area contributed by atoms with Gasteiger partial charge in [-0.2, -0.15) is 0 Å². The zero-order valence-electron chi connectivity index (χ0n) is 33.4. The highest BCUT2D eigenvalue weighted by atomic mass is 16.8. The van der Waals surface area contributed by atoms with E-state index in [1.54, 1.807) is 13.8 Å². The van der Waals surface area contributed by atoms with Gasteiger partial charge in [0.05, 0.1) is 35.6 Å². The number of carboxylic acid groups (broad SMARTS) is 1. The fourth-order valence-corrected chi connectivity index (χ4v) is 10.2. The van der Waals surface area contributed by atoms with Gasteiger partial charge in [0, 0.05) is 36.5 Å². The van der Waals surface area contributed by atoms with Crippen molar-refractivity contribution in [3.8, 4) is 11.5 Å². The van der Waals surface area contributed by atoms with E-state index >= 15 is 0 Å². The van der Waals surface area contributed by atoms with E-state index in [9.17, 15) is 35.1 Å². The minimum Gasteiger partial charge on any atom is -0.504 e. The third-order valence-electron chi connectivity index (χ3n) is 14.0. The lowest BCUT2D eigenvalue weighted by molar-refractivity contribution is -0.430. The SMILES string of the molecule is CCC(C(=O)C(C)C(O)C(C)CCc1ccc(O)c(O)c1C(=O)O)C1OC2(CCCC3(OC(CC)(C4CCC(C)(C(C)O)O4)CC3C)O2)C(C)CC1C. The molecule has 11 nitrogen and oxygen atoms in total. The largest absolute Gasteiger partial charge is 0.504 e. The van der Waals surface area contributed by atoms with Crippen LogP contribution in [0, 0.1) is 35.5 Å². The number of hydrogen-bond donors (Lipinski definition) is 5. The monoisotopic (exact) mass is 746 g/mol. The molecule has 0 amide bonds. The van der Waals surface area contributed by atoms with Crippen LogP contribution in [0.3, 0.4) is 0 Å². The van der Waals surface area contributed by atoms with Crippen LogP contribution in [0.25, 0.3) is 0 Å². The molecule has 14 atom stereocenters. The maximum atomic E-state index is 14.3. The van der Waals surface area contributed by atoms with E-state index in [2.05, 4.69) is 27.7 Å². The summed E-state index contributed by atoms with van der Waals surface area (Å²) in [4.78, 5) is 26.1. The van der Waals surface area contributed by atoms with Crippen molar-refractivity contribution >= 4 is 11.8 Å². The Kier molecular flexibility index (Phi) is 12.4.